The molecule has 3 aromatic rings. The van der Waals surface area contributed by atoms with Gasteiger partial charge in [0.2, 0.25) is 0 Å². The molecule has 0 radical (unpaired) electrons. The smallest absolute Gasteiger partial charge is 0.265 e. The van der Waals surface area contributed by atoms with Gasteiger partial charge in [-0.05, 0) is 54.6 Å². The van der Waals surface area contributed by atoms with E-state index in [0.29, 0.717) is 29.3 Å². The van der Waals surface area contributed by atoms with Crippen molar-refractivity contribution in [3.63, 3.8) is 0 Å². The summed E-state index contributed by atoms with van der Waals surface area (Å²) in [6.07, 6.45) is 0.172. The summed E-state index contributed by atoms with van der Waals surface area (Å²) in [5.74, 6) is -0.376. The normalized spacial score (nSPS) is 10.7. The van der Waals surface area contributed by atoms with E-state index in [-0.39, 0.29) is 17.9 Å². The summed E-state index contributed by atoms with van der Waals surface area (Å²) in [6, 6.07) is 18.5. The molecule has 0 bridgehead atoms. The van der Waals surface area contributed by atoms with Crippen LogP contribution < -0.4 is 10.6 Å². The molecule has 0 unspecified atom stereocenters. The average molecular weight is 409 g/mol. The van der Waals surface area contributed by atoms with Crippen molar-refractivity contribution in [3.8, 4) is 0 Å². The van der Waals surface area contributed by atoms with Gasteiger partial charge in [-0.15, -0.1) is 11.3 Å². The van der Waals surface area contributed by atoms with Crippen LogP contribution in [0.15, 0.2) is 66.0 Å². The number of thiophene rings is 1. The van der Waals surface area contributed by atoms with Crippen LogP contribution in [-0.2, 0) is 17.9 Å². The number of anilines is 1. The highest BCUT2D eigenvalue weighted by molar-refractivity contribution is 7.12. The molecular formula is C23H24N2O3S. The Morgan fingerprint density at radius 3 is 2.52 bits per heavy atom. The standard InChI is InChI=1S/C23H24N2O3S/c1-16(2)28-15-18-7-3-6-17(12-18)14-24-22(26)19-8-4-9-20(13-19)25-23(27)21-10-5-11-29-21/h3-13,16H,14-15H2,1-2H3,(H,24,26)(H,25,27). The number of rotatable bonds is 8. The SMILES string of the molecule is CC(C)OCc1cccc(CNC(=O)c2cccc(NC(=O)c3cccs3)c2)c1. The van der Waals surface area contributed by atoms with Gasteiger partial charge >= 0.3 is 0 Å². The second-order valence-corrected chi connectivity index (χ2v) is 7.82. The van der Waals surface area contributed by atoms with E-state index >= 15 is 0 Å². The fourth-order valence-electron chi connectivity index (χ4n) is 2.72. The molecule has 6 heteroatoms. The van der Waals surface area contributed by atoms with E-state index in [1.165, 1.54) is 11.3 Å². The Morgan fingerprint density at radius 1 is 0.966 bits per heavy atom. The number of amides is 2. The zero-order valence-corrected chi connectivity index (χ0v) is 17.3. The number of hydrogen-bond donors (Lipinski definition) is 2. The van der Waals surface area contributed by atoms with Gasteiger partial charge in [0.15, 0.2) is 0 Å². The van der Waals surface area contributed by atoms with E-state index in [1.807, 2.05) is 49.6 Å². The molecule has 0 aliphatic heterocycles. The van der Waals surface area contributed by atoms with Crippen molar-refractivity contribution < 1.29 is 14.3 Å². The molecule has 150 valence electrons. The minimum Gasteiger partial charge on any atom is -0.374 e. The van der Waals surface area contributed by atoms with Gasteiger partial charge in [0.1, 0.15) is 0 Å². The molecule has 0 aliphatic carbocycles. The van der Waals surface area contributed by atoms with Gasteiger partial charge in [-0.25, -0.2) is 0 Å². The number of carbonyl (C=O) groups excluding carboxylic acids is 2. The molecule has 5 nitrogen and oxygen atoms in total. The van der Waals surface area contributed by atoms with E-state index in [2.05, 4.69) is 10.6 Å². The van der Waals surface area contributed by atoms with Crippen LogP contribution in [-0.4, -0.2) is 17.9 Å². The molecule has 0 saturated carbocycles. The summed E-state index contributed by atoms with van der Waals surface area (Å²) in [6.45, 7) is 4.97. The summed E-state index contributed by atoms with van der Waals surface area (Å²) in [5.41, 5.74) is 3.16. The largest absolute Gasteiger partial charge is 0.374 e. The van der Waals surface area contributed by atoms with Gasteiger partial charge in [0, 0.05) is 17.8 Å². The minimum absolute atomic E-state index is 0.172. The summed E-state index contributed by atoms with van der Waals surface area (Å²) in [7, 11) is 0. The van der Waals surface area contributed by atoms with Gasteiger partial charge in [0.05, 0.1) is 17.6 Å². The van der Waals surface area contributed by atoms with Crippen LogP contribution in [0.2, 0.25) is 0 Å². The third-order valence-electron chi connectivity index (χ3n) is 4.16. The zero-order valence-electron chi connectivity index (χ0n) is 16.5. The lowest BCUT2D eigenvalue weighted by atomic mass is 10.1. The number of ether oxygens (including phenoxy) is 1. The van der Waals surface area contributed by atoms with Crippen LogP contribution in [0.1, 0.15) is 45.0 Å². The molecule has 29 heavy (non-hydrogen) atoms. The lowest BCUT2D eigenvalue weighted by Gasteiger charge is -2.10. The van der Waals surface area contributed by atoms with Crippen LogP contribution in [0.3, 0.4) is 0 Å². The van der Waals surface area contributed by atoms with Crippen molar-refractivity contribution in [2.24, 2.45) is 0 Å². The minimum atomic E-state index is -0.193. The third kappa shape index (κ3) is 6.27. The zero-order chi connectivity index (χ0) is 20.6. The van der Waals surface area contributed by atoms with E-state index in [4.69, 9.17) is 4.74 Å². The molecular weight excluding hydrogens is 384 g/mol. The molecule has 1 aromatic heterocycles. The molecule has 3 rings (SSSR count). The van der Waals surface area contributed by atoms with Crippen LogP contribution >= 0.6 is 11.3 Å². The number of hydrogen-bond acceptors (Lipinski definition) is 4. The van der Waals surface area contributed by atoms with Gasteiger partial charge in [0.25, 0.3) is 11.8 Å². The lowest BCUT2D eigenvalue weighted by molar-refractivity contribution is 0.0657. The molecule has 0 spiro atoms. The second kappa shape index (κ2) is 10.0. The van der Waals surface area contributed by atoms with Crippen LogP contribution in [0.4, 0.5) is 5.69 Å². The Labute approximate surface area is 174 Å². The van der Waals surface area contributed by atoms with Gasteiger partial charge in [-0.1, -0.05) is 36.4 Å². The Balaban J connectivity index is 1.58. The fourth-order valence-corrected chi connectivity index (χ4v) is 3.33. The van der Waals surface area contributed by atoms with Crippen molar-refractivity contribution in [3.05, 3.63) is 87.6 Å². The molecule has 2 amide bonds. The summed E-state index contributed by atoms with van der Waals surface area (Å²) in [4.78, 5) is 25.3. The predicted molar refractivity (Wildman–Crippen MR) is 116 cm³/mol. The van der Waals surface area contributed by atoms with Gasteiger partial charge in [-0.2, -0.15) is 0 Å². The fraction of sp³-hybridized carbons (Fsp3) is 0.217. The first-order valence-corrected chi connectivity index (χ1v) is 10.3. The maximum Gasteiger partial charge on any atom is 0.265 e. The number of nitrogens with one attached hydrogen (secondary N) is 2. The first-order chi connectivity index (χ1) is 14.0. The Hall–Kier alpha value is -2.96. The van der Waals surface area contributed by atoms with E-state index < -0.39 is 0 Å². The number of carbonyl (C=O) groups is 2. The van der Waals surface area contributed by atoms with Crippen molar-refractivity contribution in [2.45, 2.75) is 33.1 Å². The highest BCUT2D eigenvalue weighted by atomic mass is 32.1. The van der Waals surface area contributed by atoms with Crippen molar-refractivity contribution in [1.82, 2.24) is 5.32 Å². The first-order valence-electron chi connectivity index (χ1n) is 9.44. The Morgan fingerprint density at radius 2 is 1.76 bits per heavy atom. The summed E-state index contributed by atoms with van der Waals surface area (Å²) >= 11 is 1.37. The second-order valence-electron chi connectivity index (χ2n) is 6.87. The molecule has 0 fully saturated rings. The van der Waals surface area contributed by atoms with Gasteiger partial charge < -0.3 is 15.4 Å². The quantitative estimate of drug-likeness (QED) is 0.560. The van der Waals surface area contributed by atoms with E-state index in [1.54, 1.807) is 30.3 Å². The first kappa shape index (κ1) is 20.8. The van der Waals surface area contributed by atoms with Crippen LogP contribution in [0.25, 0.3) is 0 Å². The maximum absolute atomic E-state index is 12.5. The van der Waals surface area contributed by atoms with Crippen molar-refractivity contribution in [2.75, 3.05) is 5.32 Å². The van der Waals surface area contributed by atoms with Crippen molar-refractivity contribution in [1.29, 1.82) is 0 Å². The lowest BCUT2D eigenvalue weighted by Crippen LogP contribution is -2.23. The highest BCUT2D eigenvalue weighted by Gasteiger charge is 2.10. The molecule has 0 aliphatic rings. The average Bonchev–Trinajstić information content (AvgIpc) is 3.26. The molecule has 2 aromatic carbocycles. The summed E-state index contributed by atoms with van der Waals surface area (Å²) < 4.78 is 5.63. The molecule has 2 N–H and O–H groups in total. The van der Waals surface area contributed by atoms with Crippen LogP contribution in [0, 0.1) is 0 Å². The predicted octanol–water partition coefficient (Wildman–Crippen LogP) is 4.86. The number of benzene rings is 2. The Bertz CT molecular complexity index is 968. The monoisotopic (exact) mass is 408 g/mol. The van der Waals surface area contributed by atoms with Crippen molar-refractivity contribution >= 4 is 28.8 Å². The third-order valence-corrected chi connectivity index (χ3v) is 5.02. The topological polar surface area (TPSA) is 67.4 Å². The van der Waals surface area contributed by atoms with E-state index in [9.17, 15) is 9.59 Å². The van der Waals surface area contributed by atoms with E-state index in [0.717, 1.165) is 11.1 Å². The molecule has 1 heterocycles. The Kier molecular flexibility index (Phi) is 7.16. The highest BCUT2D eigenvalue weighted by Crippen LogP contribution is 2.15. The molecule has 0 atom stereocenters. The van der Waals surface area contributed by atoms with Crippen LogP contribution in [0.5, 0.6) is 0 Å². The molecule has 0 saturated heterocycles. The summed E-state index contributed by atoms with van der Waals surface area (Å²) in [5, 5.41) is 7.60. The van der Waals surface area contributed by atoms with Gasteiger partial charge in [-0.3, -0.25) is 9.59 Å². The maximum atomic E-state index is 12.5.